The van der Waals surface area contributed by atoms with Crippen LogP contribution in [0, 0.1) is 0 Å². The molecule has 0 saturated carbocycles. The maximum atomic E-state index is 9.18. The normalized spacial score (nSPS) is 10.2. The van der Waals surface area contributed by atoms with Crippen molar-refractivity contribution in [3.8, 4) is 5.75 Å². The Morgan fingerprint density at radius 1 is 1.06 bits per heavy atom. The minimum absolute atomic E-state index is 0.0543. The van der Waals surface area contributed by atoms with Gasteiger partial charge in [-0.1, -0.05) is 48.0 Å². The molecule has 2 aromatic rings. The van der Waals surface area contributed by atoms with Crippen LogP contribution in [0.15, 0.2) is 48.5 Å². The van der Waals surface area contributed by atoms with E-state index >= 15 is 0 Å². The van der Waals surface area contributed by atoms with Crippen molar-refractivity contribution in [3.05, 3.63) is 64.7 Å². The van der Waals surface area contributed by atoms with E-state index in [0.29, 0.717) is 17.4 Å². The second-order valence-electron chi connectivity index (χ2n) is 3.68. The first kappa shape index (κ1) is 12.0. The average Bonchev–Trinajstić information content (AvgIpc) is 2.38. The van der Waals surface area contributed by atoms with E-state index in [0.717, 1.165) is 11.1 Å². The summed E-state index contributed by atoms with van der Waals surface area (Å²) < 4.78 is 5.65. The first-order chi connectivity index (χ1) is 8.29. The van der Waals surface area contributed by atoms with Gasteiger partial charge < -0.3 is 9.84 Å². The fraction of sp³-hybridized carbons (Fsp3) is 0.143. The lowest BCUT2D eigenvalue weighted by molar-refractivity contribution is 0.259. The van der Waals surface area contributed by atoms with Crippen LogP contribution in [0.3, 0.4) is 0 Å². The van der Waals surface area contributed by atoms with Crippen molar-refractivity contribution >= 4 is 11.6 Å². The Kier molecular flexibility index (Phi) is 4.02. The van der Waals surface area contributed by atoms with Crippen molar-refractivity contribution in [2.24, 2.45) is 0 Å². The molecule has 0 unspecified atom stereocenters. The summed E-state index contributed by atoms with van der Waals surface area (Å²) in [6.07, 6.45) is 0. The van der Waals surface area contributed by atoms with Gasteiger partial charge in [0.25, 0.3) is 0 Å². The van der Waals surface area contributed by atoms with E-state index in [1.165, 1.54) is 0 Å². The molecule has 0 saturated heterocycles. The van der Waals surface area contributed by atoms with Crippen molar-refractivity contribution in [2.45, 2.75) is 13.2 Å². The molecule has 1 N–H and O–H groups in total. The summed E-state index contributed by atoms with van der Waals surface area (Å²) in [4.78, 5) is 0. The van der Waals surface area contributed by atoms with Gasteiger partial charge in [-0.25, -0.2) is 0 Å². The van der Waals surface area contributed by atoms with Gasteiger partial charge >= 0.3 is 0 Å². The molecule has 0 atom stereocenters. The van der Waals surface area contributed by atoms with E-state index in [9.17, 15) is 5.11 Å². The van der Waals surface area contributed by atoms with Gasteiger partial charge in [0, 0.05) is 10.6 Å². The third-order valence-corrected chi connectivity index (χ3v) is 2.67. The van der Waals surface area contributed by atoms with E-state index in [1.54, 1.807) is 18.2 Å². The van der Waals surface area contributed by atoms with Gasteiger partial charge in [0.1, 0.15) is 12.4 Å². The molecule has 2 aromatic carbocycles. The quantitative estimate of drug-likeness (QED) is 0.899. The molecular weight excluding hydrogens is 236 g/mol. The Bertz CT molecular complexity index is 483. The van der Waals surface area contributed by atoms with Gasteiger partial charge in [0.15, 0.2) is 0 Å². The molecule has 0 aliphatic carbocycles. The lowest BCUT2D eigenvalue weighted by atomic mass is 10.2. The summed E-state index contributed by atoms with van der Waals surface area (Å²) >= 11 is 5.89. The molecule has 88 valence electrons. The van der Waals surface area contributed by atoms with E-state index in [2.05, 4.69) is 0 Å². The van der Waals surface area contributed by atoms with E-state index in [1.807, 2.05) is 30.3 Å². The van der Waals surface area contributed by atoms with Gasteiger partial charge in [-0.2, -0.15) is 0 Å². The summed E-state index contributed by atoms with van der Waals surface area (Å²) in [5, 5.41) is 9.79. The van der Waals surface area contributed by atoms with Gasteiger partial charge in [-0.05, 0) is 17.7 Å². The third-order valence-electron chi connectivity index (χ3n) is 2.44. The molecule has 0 aliphatic heterocycles. The minimum Gasteiger partial charge on any atom is -0.488 e. The zero-order chi connectivity index (χ0) is 12.1. The van der Waals surface area contributed by atoms with Crippen molar-refractivity contribution in [3.63, 3.8) is 0 Å². The molecule has 0 bridgehead atoms. The zero-order valence-corrected chi connectivity index (χ0v) is 10.0. The fourth-order valence-corrected chi connectivity index (χ4v) is 1.69. The lowest BCUT2D eigenvalue weighted by Crippen LogP contribution is -1.98. The van der Waals surface area contributed by atoms with E-state index in [4.69, 9.17) is 16.3 Å². The number of aliphatic hydroxyl groups excluding tert-OH is 1. The number of rotatable bonds is 4. The molecule has 0 radical (unpaired) electrons. The molecule has 0 heterocycles. The maximum absolute atomic E-state index is 9.18. The molecule has 2 rings (SSSR count). The highest BCUT2D eigenvalue weighted by Crippen LogP contribution is 2.24. The topological polar surface area (TPSA) is 29.5 Å². The minimum atomic E-state index is -0.0543. The van der Waals surface area contributed by atoms with Crippen molar-refractivity contribution < 1.29 is 9.84 Å². The van der Waals surface area contributed by atoms with Gasteiger partial charge in [-0.15, -0.1) is 0 Å². The van der Waals surface area contributed by atoms with Gasteiger partial charge in [-0.3, -0.25) is 0 Å². The molecular formula is C14H13ClO2. The number of aliphatic hydroxyl groups is 1. The van der Waals surface area contributed by atoms with Crippen LogP contribution in [0.25, 0.3) is 0 Å². The molecule has 0 fully saturated rings. The van der Waals surface area contributed by atoms with Crippen LogP contribution in [0.5, 0.6) is 5.75 Å². The van der Waals surface area contributed by atoms with Crippen LogP contribution in [0.1, 0.15) is 11.1 Å². The molecule has 0 spiro atoms. The van der Waals surface area contributed by atoms with Crippen LogP contribution in [-0.2, 0) is 13.2 Å². The number of halogens is 1. The predicted molar refractivity (Wildman–Crippen MR) is 68.1 cm³/mol. The van der Waals surface area contributed by atoms with Gasteiger partial charge in [0.2, 0.25) is 0 Å². The van der Waals surface area contributed by atoms with Crippen molar-refractivity contribution in [2.75, 3.05) is 0 Å². The molecule has 0 aliphatic rings. The highest BCUT2D eigenvalue weighted by atomic mass is 35.5. The van der Waals surface area contributed by atoms with Gasteiger partial charge in [0.05, 0.1) is 6.61 Å². The summed E-state index contributed by atoms with van der Waals surface area (Å²) in [6.45, 7) is 0.412. The van der Waals surface area contributed by atoms with Crippen LogP contribution in [0.4, 0.5) is 0 Å². The number of benzene rings is 2. The van der Waals surface area contributed by atoms with Crippen LogP contribution < -0.4 is 4.74 Å². The number of ether oxygens (including phenoxy) is 1. The Labute approximate surface area is 105 Å². The zero-order valence-electron chi connectivity index (χ0n) is 9.27. The first-order valence-electron chi connectivity index (χ1n) is 5.35. The molecule has 2 nitrogen and oxygen atoms in total. The smallest absolute Gasteiger partial charge is 0.126 e. The first-order valence-corrected chi connectivity index (χ1v) is 5.73. The Hall–Kier alpha value is -1.51. The largest absolute Gasteiger partial charge is 0.488 e. The van der Waals surface area contributed by atoms with E-state index < -0.39 is 0 Å². The Balaban J connectivity index is 2.11. The van der Waals surface area contributed by atoms with Crippen LogP contribution in [0.2, 0.25) is 5.02 Å². The predicted octanol–water partition coefficient (Wildman–Crippen LogP) is 3.41. The maximum Gasteiger partial charge on any atom is 0.126 e. The summed E-state index contributed by atoms with van der Waals surface area (Å²) in [5.41, 5.74) is 1.82. The number of hydrogen-bond acceptors (Lipinski definition) is 2. The molecule has 0 amide bonds. The SMILES string of the molecule is OCc1ccc(Cl)cc1OCc1ccccc1. The second kappa shape index (κ2) is 5.71. The summed E-state index contributed by atoms with van der Waals surface area (Å²) in [7, 11) is 0. The molecule has 17 heavy (non-hydrogen) atoms. The lowest BCUT2D eigenvalue weighted by Gasteiger charge is -2.10. The van der Waals surface area contributed by atoms with Crippen molar-refractivity contribution in [1.29, 1.82) is 0 Å². The standard InChI is InChI=1S/C14H13ClO2/c15-13-7-6-12(9-16)14(8-13)17-10-11-4-2-1-3-5-11/h1-8,16H,9-10H2. The summed E-state index contributed by atoms with van der Waals surface area (Å²) in [6, 6.07) is 15.1. The number of hydrogen-bond donors (Lipinski definition) is 1. The monoisotopic (exact) mass is 248 g/mol. The second-order valence-corrected chi connectivity index (χ2v) is 4.12. The fourth-order valence-electron chi connectivity index (χ4n) is 1.53. The highest BCUT2D eigenvalue weighted by Gasteiger charge is 2.04. The van der Waals surface area contributed by atoms with Crippen molar-refractivity contribution in [1.82, 2.24) is 0 Å². The summed E-state index contributed by atoms with van der Waals surface area (Å²) in [5.74, 6) is 0.629. The third kappa shape index (κ3) is 3.22. The van der Waals surface area contributed by atoms with Crippen LogP contribution >= 0.6 is 11.6 Å². The Morgan fingerprint density at radius 3 is 2.53 bits per heavy atom. The Morgan fingerprint density at radius 2 is 1.82 bits per heavy atom. The van der Waals surface area contributed by atoms with E-state index in [-0.39, 0.29) is 6.61 Å². The van der Waals surface area contributed by atoms with Crippen LogP contribution in [-0.4, -0.2) is 5.11 Å². The molecule has 0 aromatic heterocycles. The molecule has 3 heteroatoms. The average molecular weight is 249 g/mol. The highest BCUT2D eigenvalue weighted by molar-refractivity contribution is 6.30.